The maximum atomic E-state index is 13.2. The zero-order valence-electron chi connectivity index (χ0n) is 10.2. The summed E-state index contributed by atoms with van der Waals surface area (Å²) in [5, 5.41) is 3.31. The minimum absolute atomic E-state index is 0.146. The van der Waals surface area contributed by atoms with Crippen LogP contribution in [0, 0.1) is 5.82 Å². The van der Waals surface area contributed by atoms with Crippen molar-refractivity contribution in [3.8, 4) is 0 Å². The summed E-state index contributed by atoms with van der Waals surface area (Å²) in [6, 6.07) is 13.1. The smallest absolute Gasteiger partial charge is 0.143 e. The molecule has 0 unspecified atom stereocenters. The van der Waals surface area contributed by atoms with Crippen molar-refractivity contribution in [3.05, 3.63) is 64.4 Å². The number of aryl methyl sites for hydroxylation is 1. The fourth-order valence-corrected chi connectivity index (χ4v) is 1.82. The van der Waals surface area contributed by atoms with Crippen LogP contribution in [0.25, 0.3) is 0 Å². The quantitative estimate of drug-likeness (QED) is 0.846. The molecule has 0 heterocycles. The summed E-state index contributed by atoms with van der Waals surface area (Å²) in [6.45, 7) is 2.80. The standard InChI is InChI=1S/C15H15ClFN/c1-2-11-3-5-12(6-4-11)10-18-13-7-8-14(16)15(17)9-13/h3-9,18H,2,10H2,1H3. The summed E-state index contributed by atoms with van der Waals surface area (Å²) in [7, 11) is 0. The molecule has 0 bridgehead atoms. The first-order valence-electron chi connectivity index (χ1n) is 5.96. The van der Waals surface area contributed by atoms with Gasteiger partial charge in [-0.25, -0.2) is 4.39 Å². The number of benzene rings is 2. The Morgan fingerprint density at radius 1 is 1.06 bits per heavy atom. The third-order valence-corrected chi connectivity index (χ3v) is 3.15. The van der Waals surface area contributed by atoms with Crippen LogP contribution < -0.4 is 5.32 Å². The van der Waals surface area contributed by atoms with Gasteiger partial charge in [-0.15, -0.1) is 0 Å². The minimum Gasteiger partial charge on any atom is -0.381 e. The molecule has 0 amide bonds. The second-order valence-corrected chi connectivity index (χ2v) is 4.56. The van der Waals surface area contributed by atoms with Crippen molar-refractivity contribution in [1.82, 2.24) is 0 Å². The van der Waals surface area contributed by atoms with Crippen molar-refractivity contribution in [2.75, 3.05) is 5.32 Å². The molecule has 18 heavy (non-hydrogen) atoms. The lowest BCUT2D eigenvalue weighted by atomic mass is 10.1. The van der Waals surface area contributed by atoms with E-state index in [9.17, 15) is 4.39 Å². The Hall–Kier alpha value is -1.54. The van der Waals surface area contributed by atoms with Gasteiger partial charge in [0.2, 0.25) is 0 Å². The van der Waals surface area contributed by atoms with Crippen molar-refractivity contribution < 1.29 is 4.39 Å². The van der Waals surface area contributed by atoms with E-state index in [0.29, 0.717) is 6.54 Å². The Morgan fingerprint density at radius 3 is 2.33 bits per heavy atom. The number of anilines is 1. The number of nitrogens with one attached hydrogen (secondary N) is 1. The molecule has 1 N–H and O–H groups in total. The van der Waals surface area contributed by atoms with Crippen molar-refractivity contribution >= 4 is 17.3 Å². The first kappa shape index (κ1) is 12.9. The van der Waals surface area contributed by atoms with Crippen LogP contribution in [0.15, 0.2) is 42.5 Å². The average molecular weight is 264 g/mol. The maximum absolute atomic E-state index is 13.2. The summed E-state index contributed by atoms with van der Waals surface area (Å²) in [5.41, 5.74) is 3.22. The Kier molecular flexibility index (Phi) is 4.21. The van der Waals surface area contributed by atoms with Gasteiger partial charge >= 0.3 is 0 Å². The maximum Gasteiger partial charge on any atom is 0.143 e. The van der Waals surface area contributed by atoms with Crippen LogP contribution in [0.1, 0.15) is 18.1 Å². The van der Waals surface area contributed by atoms with E-state index >= 15 is 0 Å². The lowest BCUT2D eigenvalue weighted by molar-refractivity contribution is 0.628. The van der Waals surface area contributed by atoms with E-state index in [1.165, 1.54) is 17.2 Å². The molecule has 0 spiro atoms. The monoisotopic (exact) mass is 263 g/mol. The number of rotatable bonds is 4. The lowest BCUT2D eigenvalue weighted by Crippen LogP contribution is -1.99. The molecular weight excluding hydrogens is 249 g/mol. The summed E-state index contributed by atoms with van der Waals surface area (Å²) < 4.78 is 13.2. The SMILES string of the molecule is CCc1ccc(CNc2ccc(Cl)c(F)c2)cc1. The Morgan fingerprint density at radius 2 is 1.72 bits per heavy atom. The van der Waals surface area contributed by atoms with Gasteiger partial charge < -0.3 is 5.32 Å². The molecule has 2 rings (SSSR count). The normalized spacial score (nSPS) is 10.4. The zero-order chi connectivity index (χ0) is 13.0. The van der Waals surface area contributed by atoms with E-state index < -0.39 is 5.82 Å². The molecule has 0 radical (unpaired) electrons. The van der Waals surface area contributed by atoms with Gasteiger partial charge in [0.05, 0.1) is 5.02 Å². The van der Waals surface area contributed by atoms with Gasteiger partial charge in [0.15, 0.2) is 0 Å². The number of hydrogen-bond acceptors (Lipinski definition) is 1. The van der Waals surface area contributed by atoms with Gasteiger partial charge in [-0.1, -0.05) is 42.8 Å². The molecule has 0 fully saturated rings. The summed E-state index contributed by atoms with van der Waals surface area (Å²) >= 11 is 5.63. The van der Waals surface area contributed by atoms with Crippen molar-refractivity contribution in [2.24, 2.45) is 0 Å². The molecule has 0 saturated carbocycles. The van der Waals surface area contributed by atoms with E-state index in [1.54, 1.807) is 12.1 Å². The van der Waals surface area contributed by atoms with E-state index in [1.807, 2.05) is 0 Å². The highest BCUT2D eigenvalue weighted by atomic mass is 35.5. The van der Waals surface area contributed by atoms with Crippen LogP contribution in [0.3, 0.4) is 0 Å². The van der Waals surface area contributed by atoms with Crippen molar-refractivity contribution in [1.29, 1.82) is 0 Å². The van der Waals surface area contributed by atoms with Gasteiger partial charge in [0, 0.05) is 12.2 Å². The minimum atomic E-state index is -0.400. The van der Waals surface area contributed by atoms with Gasteiger partial charge in [0.25, 0.3) is 0 Å². The Bertz CT molecular complexity index is 523. The van der Waals surface area contributed by atoms with Gasteiger partial charge in [-0.3, -0.25) is 0 Å². The highest BCUT2D eigenvalue weighted by Crippen LogP contribution is 2.19. The van der Waals surface area contributed by atoms with Gasteiger partial charge in [0.1, 0.15) is 5.82 Å². The second-order valence-electron chi connectivity index (χ2n) is 4.15. The van der Waals surface area contributed by atoms with Gasteiger partial charge in [-0.05, 0) is 35.7 Å². The average Bonchev–Trinajstić information content (AvgIpc) is 2.41. The molecule has 2 aromatic rings. The summed E-state index contributed by atoms with van der Waals surface area (Å²) in [6.07, 6.45) is 1.04. The molecular formula is C15H15ClFN. The Balaban J connectivity index is 1.99. The molecule has 2 aromatic carbocycles. The van der Waals surface area contributed by atoms with Crippen LogP contribution in [0.5, 0.6) is 0 Å². The highest BCUT2D eigenvalue weighted by molar-refractivity contribution is 6.30. The number of halogens is 2. The summed E-state index contributed by atoms with van der Waals surface area (Å²) in [4.78, 5) is 0. The molecule has 0 atom stereocenters. The van der Waals surface area contributed by atoms with Crippen LogP contribution in [0.4, 0.5) is 10.1 Å². The second kappa shape index (κ2) is 5.87. The largest absolute Gasteiger partial charge is 0.381 e. The number of hydrogen-bond donors (Lipinski definition) is 1. The molecule has 0 aliphatic carbocycles. The first-order valence-corrected chi connectivity index (χ1v) is 6.33. The zero-order valence-corrected chi connectivity index (χ0v) is 11.0. The van der Waals surface area contributed by atoms with Crippen LogP contribution in [-0.4, -0.2) is 0 Å². The molecule has 3 heteroatoms. The van der Waals surface area contributed by atoms with Crippen molar-refractivity contribution in [2.45, 2.75) is 19.9 Å². The predicted octanol–water partition coefficient (Wildman–Crippen LogP) is 4.65. The molecule has 94 valence electrons. The first-order chi connectivity index (χ1) is 8.69. The fraction of sp³-hybridized carbons (Fsp3) is 0.200. The Labute approximate surface area is 112 Å². The fourth-order valence-electron chi connectivity index (χ4n) is 1.70. The molecule has 0 aliphatic rings. The van der Waals surface area contributed by atoms with E-state index in [0.717, 1.165) is 12.1 Å². The predicted molar refractivity (Wildman–Crippen MR) is 74.6 cm³/mol. The third kappa shape index (κ3) is 3.23. The van der Waals surface area contributed by atoms with E-state index in [2.05, 4.69) is 36.5 Å². The molecule has 0 saturated heterocycles. The molecule has 0 aliphatic heterocycles. The lowest BCUT2D eigenvalue weighted by Gasteiger charge is -2.07. The topological polar surface area (TPSA) is 12.0 Å². The molecule has 0 aromatic heterocycles. The van der Waals surface area contributed by atoms with Gasteiger partial charge in [-0.2, -0.15) is 0 Å². The third-order valence-electron chi connectivity index (χ3n) is 2.85. The molecule has 1 nitrogen and oxygen atoms in total. The summed E-state index contributed by atoms with van der Waals surface area (Å²) in [5.74, 6) is -0.400. The van der Waals surface area contributed by atoms with Crippen molar-refractivity contribution in [3.63, 3.8) is 0 Å². The van der Waals surface area contributed by atoms with E-state index in [4.69, 9.17) is 11.6 Å². The van der Waals surface area contributed by atoms with Crippen LogP contribution >= 0.6 is 11.6 Å². The van der Waals surface area contributed by atoms with Crippen LogP contribution in [-0.2, 0) is 13.0 Å². The van der Waals surface area contributed by atoms with E-state index in [-0.39, 0.29) is 5.02 Å². The van der Waals surface area contributed by atoms with Crippen LogP contribution in [0.2, 0.25) is 5.02 Å². The highest BCUT2D eigenvalue weighted by Gasteiger charge is 2.00.